The molecule has 26 heavy (non-hydrogen) atoms. The van der Waals surface area contributed by atoms with Crippen molar-refractivity contribution in [3.8, 4) is 5.75 Å². The summed E-state index contributed by atoms with van der Waals surface area (Å²) in [5.41, 5.74) is 1.27. The molecule has 134 valence electrons. The van der Waals surface area contributed by atoms with Crippen LogP contribution >= 0.6 is 11.3 Å². The van der Waals surface area contributed by atoms with E-state index in [0.717, 1.165) is 18.7 Å². The molecule has 1 aliphatic rings. The molecule has 0 radical (unpaired) electrons. The zero-order valence-corrected chi connectivity index (χ0v) is 15.5. The largest absolute Gasteiger partial charge is 0.492 e. The molecule has 1 aromatic carbocycles. The van der Waals surface area contributed by atoms with E-state index in [1.165, 1.54) is 11.3 Å². The minimum absolute atomic E-state index is 0.0370. The Bertz CT molecular complexity index is 1070. The van der Waals surface area contributed by atoms with E-state index >= 15 is 0 Å². The van der Waals surface area contributed by atoms with Crippen molar-refractivity contribution >= 4 is 33.1 Å². The summed E-state index contributed by atoms with van der Waals surface area (Å²) in [6.45, 7) is 4.93. The van der Waals surface area contributed by atoms with E-state index in [2.05, 4.69) is 10.3 Å². The number of hydrogen-bond acceptors (Lipinski definition) is 5. The second kappa shape index (κ2) is 6.57. The molecule has 2 aromatic heterocycles. The van der Waals surface area contributed by atoms with Gasteiger partial charge in [0.1, 0.15) is 16.4 Å². The molecule has 0 spiro atoms. The summed E-state index contributed by atoms with van der Waals surface area (Å²) >= 11 is 1.27. The van der Waals surface area contributed by atoms with Crippen LogP contribution in [0.1, 0.15) is 34.4 Å². The molecule has 6 nitrogen and oxygen atoms in total. The molecule has 0 unspecified atom stereocenters. The minimum Gasteiger partial charge on any atom is -0.492 e. The molecular weight excluding hydrogens is 350 g/mol. The zero-order valence-electron chi connectivity index (χ0n) is 14.7. The number of aromatic nitrogens is 2. The van der Waals surface area contributed by atoms with Gasteiger partial charge in [-0.1, -0.05) is 12.1 Å². The number of nitrogens with one attached hydrogen (secondary N) is 1. The van der Waals surface area contributed by atoms with Gasteiger partial charge in [-0.25, -0.2) is 4.98 Å². The van der Waals surface area contributed by atoms with Crippen molar-refractivity contribution in [2.45, 2.75) is 33.2 Å². The SMILES string of the molecule is CCOc1ccccc1NC(=O)c1sc2nc3n(c(=O)c2c1C)CCC3. The number of benzene rings is 1. The molecule has 1 N–H and O–H groups in total. The van der Waals surface area contributed by atoms with Crippen LogP contribution in [0.3, 0.4) is 0 Å². The highest BCUT2D eigenvalue weighted by Crippen LogP contribution is 2.30. The summed E-state index contributed by atoms with van der Waals surface area (Å²) in [5, 5.41) is 3.46. The third kappa shape index (κ3) is 2.68. The van der Waals surface area contributed by atoms with E-state index < -0.39 is 0 Å². The van der Waals surface area contributed by atoms with Gasteiger partial charge >= 0.3 is 0 Å². The van der Waals surface area contributed by atoms with Crippen LogP contribution in [0.25, 0.3) is 10.2 Å². The quantitative estimate of drug-likeness (QED) is 0.765. The van der Waals surface area contributed by atoms with E-state index in [0.29, 0.717) is 45.2 Å². The Morgan fingerprint density at radius 3 is 3.00 bits per heavy atom. The number of aryl methyl sites for hydroxylation is 2. The van der Waals surface area contributed by atoms with Gasteiger partial charge in [0.25, 0.3) is 11.5 Å². The summed E-state index contributed by atoms with van der Waals surface area (Å²) in [6, 6.07) is 7.31. The predicted octanol–water partition coefficient (Wildman–Crippen LogP) is 3.36. The lowest BCUT2D eigenvalue weighted by Gasteiger charge is -2.10. The molecule has 3 heterocycles. The molecule has 0 bridgehead atoms. The Kier molecular flexibility index (Phi) is 4.24. The number of para-hydroxylation sites is 2. The standard InChI is InChI=1S/C19H19N3O3S/c1-3-25-13-8-5-4-7-12(13)20-17(23)16-11(2)15-18(26-16)21-14-9-6-10-22(14)19(15)24/h4-5,7-8H,3,6,9-10H2,1-2H3,(H,20,23). The summed E-state index contributed by atoms with van der Waals surface area (Å²) in [6.07, 6.45) is 1.76. The van der Waals surface area contributed by atoms with Gasteiger partial charge in [0.05, 0.1) is 22.6 Å². The number of nitrogens with zero attached hydrogens (tertiary/aromatic N) is 2. The van der Waals surface area contributed by atoms with Crippen LogP contribution < -0.4 is 15.6 Å². The van der Waals surface area contributed by atoms with Crippen molar-refractivity contribution in [3.05, 3.63) is 50.9 Å². The molecule has 0 saturated carbocycles. The number of rotatable bonds is 4. The van der Waals surface area contributed by atoms with Crippen LogP contribution in [0.2, 0.25) is 0 Å². The summed E-state index contributed by atoms with van der Waals surface area (Å²) in [7, 11) is 0. The second-order valence-corrected chi connectivity index (χ2v) is 7.21. The molecule has 1 aliphatic heterocycles. The molecule has 4 rings (SSSR count). The van der Waals surface area contributed by atoms with Gasteiger partial charge in [0.2, 0.25) is 0 Å². The van der Waals surface area contributed by atoms with E-state index in [1.807, 2.05) is 32.0 Å². The fraction of sp³-hybridized carbons (Fsp3) is 0.316. The smallest absolute Gasteiger partial charge is 0.266 e. The highest BCUT2D eigenvalue weighted by atomic mass is 32.1. The molecular formula is C19H19N3O3S. The Morgan fingerprint density at radius 2 is 2.19 bits per heavy atom. The van der Waals surface area contributed by atoms with Crippen molar-refractivity contribution in [1.29, 1.82) is 0 Å². The van der Waals surface area contributed by atoms with Gasteiger partial charge in [-0.05, 0) is 38.0 Å². The number of anilines is 1. The summed E-state index contributed by atoms with van der Waals surface area (Å²) < 4.78 is 7.29. The minimum atomic E-state index is -0.248. The maximum absolute atomic E-state index is 12.8. The first-order valence-electron chi connectivity index (χ1n) is 8.66. The van der Waals surface area contributed by atoms with Crippen molar-refractivity contribution in [2.24, 2.45) is 0 Å². The molecule has 0 aliphatic carbocycles. The first-order valence-corrected chi connectivity index (χ1v) is 9.47. The van der Waals surface area contributed by atoms with Gasteiger partial charge in [-0.3, -0.25) is 14.2 Å². The van der Waals surface area contributed by atoms with E-state index in [-0.39, 0.29) is 11.5 Å². The van der Waals surface area contributed by atoms with E-state index in [4.69, 9.17) is 4.74 Å². The predicted molar refractivity (Wildman–Crippen MR) is 103 cm³/mol. The maximum Gasteiger partial charge on any atom is 0.266 e. The molecule has 3 aromatic rings. The lowest BCUT2D eigenvalue weighted by molar-refractivity contribution is 0.102. The Hall–Kier alpha value is -2.67. The maximum atomic E-state index is 12.8. The Labute approximate surface area is 154 Å². The van der Waals surface area contributed by atoms with Gasteiger partial charge in [-0.15, -0.1) is 11.3 Å². The molecule has 0 fully saturated rings. The molecule has 7 heteroatoms. The highest BCUT2D eigenvalue weighted by molar-refractivity contribution is 7.20. The number of carbonyl (C=O) groups excluding carboxylic acids is 1. The Morgan fingerprint density at radius 1 is 1.38 bits per heavy atom. The number of amides is 1. The summed E-state index contributed by atoms with van der Waals surface area (Å²) in [4.78, 5) is 31.4. The van der Waals surface area contributed by atoms with Crippen molar-refractivity contribution < 1.29 is 9.53 Å². The first kappa shape index (κ1) is 16.8. The molecule has 0 saturated heterocycles. The highest BCUT2D eigenvalue weighted by Gasteiger charge is 2.23. The number of fused-ring (bicyclic) bond motifs is 2. The average Bonchev–Trinajstić information content (AvgIpc) is 3.22. The van der Waals surface area contributed by atoms with Crippen molar-refractivity contribution in [2.75, 3.05) is 11.9 Å². The van der Waals surface area contributed by atoms with Crippen LogP contribution in [0.15, 0.2) is 29.1 Å². The van der Waals surface area contributed by atoms with Gasteiger partial charge < -0.3 is 10.1 Å². The fourth-order valence-corrected chi connectivity index (χ4v) is 4.41. The topological polar surface area (TPSA) is 73.2 Å². The zero-order chi connectivity index (χ0) is 18.3. The van der Waals surface area contributed by atoms with Gasteiger partial charge in [0.15, 0.2) is 0 Å². The monoisotopic (exact) mass is 369 g/mol. The third-order valence-corrected chi connectivity index (χ3v) is 5.74. The van der Waals surface area contributed by atoms with Crippen LogP contribution in [0.5, 0.6) is 5.75 Å². The lowest BCUT2D eigenvalue weighted by Crippen LogP contribution is -2.20. The van der Waals surface area contributed by atoms with Crippen LogP contribution in [-0.2, 0) is 13.0 Å². The number of hydrogen-bond donors (Lipinski definition) is 1. The van der Waals surface area contributed by atoms with Crippen LogP contribution in [-0.4, -0.2) is 22.1 Å². The van der Waals surface area contributed by atoms with E-state index in [9.17, 15) is 9.59 Å². The third-order valence-electron chi connectivity index (χ3n) is 4.55. The normalized spacial score (nSPS) is 13.0. The molecule has 1 amide bonds. The average molecular weight is 369 g/mol. The van der Waals surface area contributed by atoms with Crippen molar-refractivity contribution in [1.82, 2.24) is 9.55 Å². The number of ether oxygens (including phenoxy) is 1. The number of carbonyl (C=O) groups is 1. The summed E-state index contributed by atoms with van der Waals surface area (Å²) in [5.74, 6) is 1.19. The van der Waals surface area contributed by atoms with Gasteiger partial charge in [0, 0.05) is 13.0 Å². The van der Waals surface area contributed by atoms with Gasteiger partial charge in [-0.2, -0.15) is 0 Å². The first-order chi connectivity index (χ1) is 12.6. The molecule has 0 atom stereocenters. The van der Waals surface area contributed by atoms with E-state index in [1.54, 1.807) is 10.6 Å². The van der Waals surface area contributed by atoms with Crippen molar-refractivity contribution in [3.63, 3.8) is 0 Å². The van der Waals surface area contributed by atoms with Crippen LogP contribution in [0, 0.1) is 6.92 Å². The number of thiophene rings is 1. The second-order valence-electron chi connectivity index (χ2n) is 6.21. The Balaban J connectivity index is 1.74. The van der Waals surface area contributed by atoms with Crippen LogP contribution in [0.4, 0.5) is 5.69 Å². The lowest BCUT2D eigenvalue weighted by atomic mass is 10.2. The fourth-order valence-electron chi connectivity index (χ4n) is 3.32.